The van der Waals surface area contributed by atoms with Gasteiger partial charge in [-0.3, -0.25) is 9.78 Å². The molecule has 0 saturated carbocycles. The number of hydrogen-bond acceptors (Lipinski definition) is 8. The van der Waals surface area contributed by atoms with Gasteiger partial charge in [0.15, 0.2) is 5.13 Å². The zero-order valence-corrected chi connectivity index (χ0v) is 18.0. The number of amides is 1. The Morgan fingerprint density at radius 3 is 2.90 bits per heavy atom. The maximum absolute atomic E-state index is 13.0. The lowest BCUT2D eigenvalue weighted by Crippen LogP contribution is -2.42. The van der Waals surface area contributed by atoms with Crippen molar-refractivity contribution in [2.24, 2.45) is 0 Å². The molecule has 9 heteroatoms. The standard InChI is InChI=1S/C21H24N6O2S/c1-13-8-16(26-21-24-11-14(2)30-21)10-17(25-13)18-12-27(6-7-29-18)20(28)15-4-5-23-19(9-15)22-3/h4-5,8-11,18H,6-7,12H2,1-3H3,(H,22,23)(H,24,25,26)/t18-/m1/s1. The molecule has 0 unspecified atom stereocenters. The minimum atomic E-state index is -0.285. The third-order valence-electron chi connectivity index (χ3n) is 4.79. The lowest BCUT2D eigenvalue weighted by Gasteiger charge is -2.33. The second-order valence-corrected chi connectivity index (χ2v) is 8.35. The van der Waals surface area contributed by atoms with Crippen molar-refractivity contribution < 1.29 is 9.53 Å². The molecule has 4 rings (SSSR count). The SMILES string of the molecule is CNc1cc(C(=O)N2CCO[C@@H](c3cc(Nc4ncc(C)s4)cc(C)n3)C2)ccn1. The average Bonchev–Trinajstić information content (AvgIpc) is 3.17. The van der Waals surface area contributed by atoms with Crippen LogP contribution in [0.3, 0.4) is 0 Å². The van der Waals surface area contributed by atoms with E-state index < -0.39 is 0 Å². The van der Waals surface area contributed by atoms with Crippen molar-refractivity contribution in [2.45, 2.75) is 20.0 Å². The van der Waals surface area contributed by atoms with Crippen LogP contribution in [0.4, 0.5) is 16.6 Å². The van der Waals surface area contributed by atoms with Crippen LogP contribution in [0.1, 0.15) is 32.7 Å². The molecule has 4 heterocycles. The Bertz CT molecular complexity index is 1050. The highest BCUT2D eigenvalue weighted by atomic mass is 32.1. The van der Waals surface area contributed by atoms with E-state index in [9.17, 15) is 4.79 Å². The summed E-state index contributed by atoms with van der Waals surface area (Å²) in [5.74, 6) is 0.630. The summed E-state index contributed by atoms with van der Waals surface area (Å²) in [7, 11) is 1.78. The summed E-state index contributed by atoms with van der Waals surface area (Å²) < 4.78 is 5.97. The van der Waals surface area contributed by atoms with Crippen LogP contribution in [0, 0.1) is 13.8 Å². The molecule has 0 spiro atoms. The molecule has 1 atom stereocenters. The maximum atomic E-state index is 13.0. The Hall–Kier alpha value is -3.04. The molecule has 0 bridgehead atoms. The molecule has 2 N–H and O–H groups in total. The smallest absolute Gasteiger partial charge is 0.254 e. The van der Waals surface area contributed by atoms with Crippen LogP contribution in [0.15, 0.2) is 36.7 Å². The molecule has 0 aromatic carbocycles. The van der Waals surface area contributed by atoms with Crippen molar-refractivity contribution in [3.63, 3.8) is 0 Å². The summed E-state index contributed by atoms with van der Waals surface area (Å²) in [5.41, 5.74) is 3.19. The first kappa shape index (κ1) is 20.2. The van der Waals surface area contributed by atoms with Gasteiger partial charge in [0.25, 0.3) is 5.91 Å². The number of aromatic nitrogens is 3. The van der Waals surface area contributed by atoms with Gasteiger partial charge in [-0.2, -0.15) is 0 Å². The molecule has 8 nitrogen and oxygen atoms in total. The Morgan fingerprint density at radius 1 is 1.27 bits per heavy atom. The average molecular weight is 425 g/mol. The molecule has 30 heavy (non-hydrogen) atoms. The van der Waals surface area contributed by atoms with Gasteiger partial charge in [0.05, 0.1) is 18.8 Å². The summed E-state index contributed by atoms with van der Waals surface area (Å²) in [6, 6.07) is 7.43. The summed E-state index contributed by atoms with van der Waals surface area (Å²) in [5, 5.41) is 7.14. The van der Waals surface area contributed by atoms with Gasteiger partial charge in [0, 0.05) is 47.8 Å². The van der Waals surface area contributed by atoms with E-state index in [4.69, 9.17) is 4.74 Å². The van der Waals surface area contributed by atoms with Gasteiger partial charge in [0.1, 0.15) is 11.9 Å². The third kappa shape index (κ3) is 4.58. The quantitative estimate of drug-likeness (QED) is 0.647. The Kier molecular flexibility index (Phi) is 5.91. The topological polar surface area (TPSA) is 92.3 Å². The largest absolute Gasteiger partial charge is 0.373 e. The van der Waals surface area contributed by atoms with Gasteiger partial charge in [-0.1, -0.05) is 0 Å². The first-order valence-electron chi connectivity index (χ1n) is 9.74. The zero-order chi connectivity index (χ0) is 21.1. The van der Waals surface area contributed by atoms with Crippen LogP contribution in [0.2, 0.25) is 0 Å². The summed E-state index contributed by atoms with van der Waals surface area (Å²) in [4.78, 5) is 29.1. The molecule has 1 aliphatic heterocycles. The monoisotopic (exact) mass is 424 g/mol. The number of carbonyl (C=O) groups excluding carboxylic acids is 1. The van der Waals surface area contributed by atoms with Gasteiger partial charge in [-0.25, -0.2) is 9.97 Å². The van der Waals surface area contributed by atoms with E-state index in [-0.39, 0.29) is 12.0 Å². The van der Waals surface area contributed by atoms with Gasteiger partial charge in [-0.05, 0) is 38.1 Å². The number of pyridine rings is 2. The van der Waals surface area contributed by atoms with Crippen molar-refractivity contribution in [1.29, 1.82) is 0 Å². The number of nitrogens with zero attached hydrogens (tertiary/aromatic N) is 4. The van der Waals surface area contributed by atoms with Crippen LogP contribution in [-0.2, 0) is 4.74 Å². The fourth-order valence-corrected chi connectivity index (χ4v) is 4.05. The predicted molar refractivity (Wildman–Crippen MR) is 117 cm³/mol. The number of anilines is 3. The third-order valence-corrected chi connectivity index (χ3v) is 5.62. The van der Waals surface area contributed by atoms with E-state index in [0.29, 0.717) is 31.1 Å². The second kappa shape index (κ2) is 8.76. The number of carbonyl (C=O) groups is 1. The van der Waals surface area contributed by atoms with E-state index in [0.717, 1.165) is 27.1 Å². The van der Waals surface area contributed by atoms with Gasteiger partial charge < -0.3 is 20.3 Å². The van der Waals surface area contributed by atoms with Crippen LogP contribution in [-0.4, -0.2) is 52.5 Å². The van der Waals surface area contributed by atoms with E-state index >= 15 is 0 Å². The Labute approximate surface area is 179 Å². The van der Waals surface area contributed by atoms with E-state index in [1.165, 1.54) is 0 Å². The lowest BCUT2D eigenvalue weighted by molar-refractivity contribution is -0.0247. The number of nitrogens with one attached hydrogen (secondary N) is 2. The van der Waals surface area contributed by atoms with Crippen LogP contribution >= 0.6 is 11.3 Å². The summed E-state index contributed by atoms with van der Waals surface area (Å²) in [6.45, 7) is 5.42. The van der Waals surface area contributed by atoms with Crippen molar-refractivity contribution >= 4 is 33.9 Å². The fourth-order valence-electron chi connectivity index (χ4n) is 3.36. The minimum Gasteiger partial charge on any atom is -0.373 e. The molecule has 1 fully saturated rings. The number of morpholine rings is 1. The number of aryl methyl sites for hydroxylation is 2. The number of ether oxygens (including phenoxy) is 1. The molecule has 3 aromatic heterocycles. The van der Waals surface area contributed by atoms with E-state index in [2.05, 4.69) is 25.6 Å². The molecule has 156 valence electrons. The van der Waals surface area contributed by atoms with Crippen LogP contribution in [0.25, 0.3) is 0 Å². The minimum absolute atomic E-state index is 0.0357. The molecular weight excluding hydrogens is 400 g/mol. The molecule has 1 saturated heterocycles. The zero-order valence-electron chi connectivity index (χ0n) is 17.2. The molecule has 0 aliphatic carbocycles. The molecule has 0 radical (unpaired) electrons. The fraction of sp³-hybridized carbons (Fsp3) is 0.333. The number of rotatable bonds is 5. The van der Waals surface area contributed by atoms with Crippen LogP contribution < -0.4 is 10.6 Å². The van der Waals surface area contributed by atoms with Gasteiger partial charge in [-0.15, -0.1) is 11.3 Å². The molecular formula is C21H24N6O2S. The molecule has 1 aliphatic rings. The molecule has 3 aromatic rings. The van der Waals surface area contributed by atoms with E-state index in [1.807, 2.05) is 37.1 Å². The van der Waals surface area contributed by atoms with Crippen molar-refractivity contribution in [2.75, 3.05) is 37.4 Å². The summed E-state index contributed by atoms with van der Waals surface area (Å²) in [6.07, 6.45) is 3.19. The van der Waals surface area contributed by atoms with Crippen molar-refractivity contribution in [1.82, 2.24) is 19.9 Å². The highest BCUT2D eigenvalue weighted by Gasteiger charge is 2.27. The molecule has 1 amide bonds. The Morgan fingerprint density at radius 2 is 2.13 bits per heavy atom. The highest BCUT2D eigenvalue weighted by Crippen LogP contribution is 2.27. The predicted octanol–water partition coefficient (Wildman–Crippen LogP) is 3.55. The lowest BCUT2D eigenvalue weighted by atomic mass is 10.1. The van der Waals surface area contributed by atoms with Gasteiger partial charge >= 0.3 is 0 Å². The normalized spacial score (nSPS) is 16.4. The van der Waals surface area contributed by atoms with Gasteiger partial charge in [0.2, 0.25) is 0 Å². The number of hydrogen-bond donors (Lipinski definition) is 2. The summed E-state index contributed by atoms with van der Waals surface area (Å²) >= 11 is 1.60. The first-order chi connectivity index (χ1) is 14.5. The maximum Gasteiger partial charge on any atom is 0.254 e. The first-order valence-corrected chi connectivity index (χ1v) is 10.6. The van der Waals surface area contributed by atoms with Crippen molar-refractivity contribution in [3.8, 4) is 0 Å². The second-order valence-electron chi connectivity index (χ2n) is 7.11. The Balaban J connectivity index is 1.52. The highest BCUT2D eigenvalue weighted by molar-refractivity contribution is 7.15. The van der Waals surface area contributed by atoms with Crippen molar-refractivity contribution in [3.05, 3.63) is 58.5 Å². The number of thiazole rings is 1. The van der Waals surface area contributed by atoms with E-state index in [1.54, 1.807) is 36.7 Å². The van der Waals surface area contributed by atoms with Crippen LogP contribution in [0.5, 0.6) is 0 Å².